The minimum Gasteiger partial charge on any atom is -0.485 e. The third-order valence-electron chi connectivity index (χ3n) is 4.56. The lowest BCUT2D eigenvalue weighted by Crippen LogP contribution is -2.12. The van der Waals surface area contributed by atoms with Crippen LogP contribution < -0.4 is 10.1 Å². The predicted octanol–water partition coefficient (Wildman–Crippen LogP) is 5.97. The van der Waals surface area contributed by atoms with Gasteiger partial charge in [-0.2, -0.15) is 5.10 Å². The van der Waals surface area contributed by atoms with Gasteiger partial charge >= 0.3 is 0 Å². The van der Waals surface area contributed by atoms with Gasteiger partial charge in [0.1, 0.15) is 18.1 Å². The van der Waals surface area contributed by atoms with Gasteiger partial charge in [-0.15, -0.1) is 0 Å². The number of anilines is 1. The number of ether oxygens (including phenoxy) is 1. The highest BCUT2D eigenvalue weighted by atomic mass is 35.5. The molecular formula is C23H19Cl2N3O3. The predicted molar refractivity (Wildman–Crippen MR) is 120 cm³/mol. The molecular weight excluding hydrogens is 437 g/mol. The van der Waals surface area contributed by atoms with Crippen molar-refractivity contribution in [3.8, 4) is 5.75 Å². The average molecular weight is 456 g/mol. The van der Waals surface area contributed by atoms with E-state index in [9.17, 15) is 4.79 Å². The van der Waals surface area contributed by atoms with Crippen LogP contribution in [0.1, 0.15) is 27.4 Å². The first-order valence-electron chi connectivity index (χ1n) is 9.54. The van der Waals surface area contributed by atoms with E-state index in [2.05, 4.69) is 10.4 Å². The van der Waals surface area contributed by atoms with Gasteiger partial charge in [0.25, 0.3) is 5.91 Å². The third kappa shape index (κ3) is 5.29. The van der Waals surface area contributed by atoms with Crippen molar-refractivity contribution in [2.45, 2.75) is 20.1 Å². The fourth-order valence-corrected chi connectivity index (χ4v) is 3.42. The van der Waals surface area contributed by atoms with Gasteiger partial charge in [-0.3, -0.25) is 9.48 Å². The van der Waals surface area contributed by atoms with Crippen molar-refractivity contribution in [3.63, 3.8) is 0 Å². The Kier molecular flexibility index (Phi) is 6.30. The number of halogens is 2. The summed E-state index contributed by atoms with van der Waals surface area (Å²) >= 11 is 12.1. The summed E-state index contributed by atoms with van der Waals surface area (Å²) in [4.78, 5) is 12.5. The smallest absolute Gasteiger partial charge is 0.292 e. The van der Waals surface area contributed by atoms with Gasteiger partial charge < -0.3 is 14.5 Å². The SMILES string of the molecule is Cc1cc(Cl)ccc1OCc1ccc(C(=O)Nc2ccn(Cc3ccccc3Cl)n2)o1. The van der Waals surface area contributed by atoms with Crippen LogP contribution in [0.3, 0.4) is 0 Å². The van der Waals surface area contributed by atoms with Crippen LogP contribution in [0.15, 0.2) is 71.3 Å². The van der Waals surface area contributed by atoms with Gasteiger partial charge in [0.15, 0.2) is 11.6 Å². The normalized spacial score (nSPS) is 10.8. The number of carbonyl (C=O) groups excluding carboxylic acids is 1. The van der Waals surface area contributed by atoms with Crippen LogP contribution in [0.4, 0.5) is 5.82 Å². The molecule has 0 saturated heterocycles. The summed E-state index contributed by atoms with van der Waals surface area (Å²) in [5.41, 5.74) is 1.86. The van der Waals surface area contributed by atoms with E-state index in [0.717, 1.165) is 11.1 Å². The fraction of sp³-hybridized carbons (Fsp3) is 0.130. The number of amides is 1. The van der Waals surface area contributed by atoms with E-state index in [1.54, 1.807) is 41.2 Å². The van der Waals surface area contributed by atoms with E-state index in [4.69, 9.17) is 32.4 Å². The Morgan fingerprint density at radius 3 is 2.77 bits per heavy atom. The number of aryl methyl sites for hydroxylation is 1. The number of carbonyl (C=O) groups is 1. The molecule has 0 bridgehead atoms. The maximum Gasteiger partial charge on any atom is 0.292 e. The number of hydrogen-bond donors (Lipinski definition) is 1. The number of benzene rings is 2. The number of furan rings is 1. The van der Waals surface area contributed by atoms with Crippen molar-refractivity contribution in [2.75, 3.05) is 5.32 Å². The first kappa shape index (κ1) is 21.0. The van der Waals surface area contributed by atoms with Crippen molar-refractivity contribution in [1.82, 2.24) is 9.78 Å². The van der Waals surface area contributed by atoms with E-state index in [1.165, 1.54) is 0 Å². The minimum absolute atomic E-state index is 0.173. The maximum absolute atomic E-state index is 12.5. The topological polar surface area (TPSA) is 69.3 Å². The van der Waals surface area contributed by atoms with Crippen molar-refractivity contribution < 1.29 is 13.9 Å². The Labute approximate surface area is 189 Å². The molecule has 6 nitrogen and oxygen atoms in total. The third-order valence-corrected chi connectivity index (χ3v) is 5.17. The van der Waals surface area contributed by atoms with Crippen molar-refractivity contribution in [1.29, 1.82) is 0 Å². The zero-order chi connectivity index (χ0) is 21.8. The molecule has 1 amide bonds. The molecule has 0 radical (unpaired) electrons. The quantitative estimate of drug-likeness (QED) is 0.372. The highest BCUT2D eigenvalue weighted by Crippen LogP contribution is 2.23. The Bertz CT molecular complexity index is 1220. The van der Waals surface area contributed by atoms with Gasteiger partial charge in [-0.05, 0) is 54.4 Å². The van der Waals surface area contributed by atoms with Crippen LogP contribution in [0.2, 0.25) is 10.0 Å². The molecule has 0 saturated carbocycles. The Morgan fingerprint density at radius 2 is 1.97 bits per heavy atom. The molecule has 4 aromatic rings. The van der Waals surface area contributed by atoms with E-state index in [1.807, 2.05) is 37.3 Å². The number of nitrogens with zero attached hydrogens (tertiary/aromatic N) is 2. The molecule has 0 spiro atoms. The molecule has 0 aliphatic carbocycles. The zero-order valence-corrected chi connectivity index (χ0v) is 18.2. The van der Waals surface area contributed by atoms with Crippen LogP contribution in [0.25, 0.3) is 0 Å². The highest BCUT2D eigenvalue weighted by molar-refractivity contribution is 6.31. The molecule has 158 valence electrons. The van der Waals surface area contributed by atoms with Crippen LogP contribution >= 0.6 is 23.2 Å². The van der Waals surface area contributed by atoms with E-state index < -0.39 is 5.91 Å². The van der Waals surface area contributed by atoms with Gasteiger partial charge in [0.2, 0.25) is 0 Å². The lowest BCUT2D eigenvalue weighted by molar-refractivity contribution is 0.0992. The number of nitrogens with one attached hydrogen (secondary N) is 1. The monoisotopic (exact) mass is 455 g/mol. The van der Waals surface area contributed by atoms with Crippen LogP contribution in [0.5, 0.6) is 5.75 Å². The van der Waals surface area contributed by atoms with E-state index in [-0.39, 0.29) is 12.4 Å². The molecule has 2 heterocycles. The molecule has 31 heavy (non-hydrogen) atoms. The summed E-state index contributed by atoms with van der Waals surface area (Å²) in [6.07, 6.45) is 1.77. The second kappa shape index (κ2) is 9.29. The molecule has 1 N–H and O–H groups in total. The van der Waals surface area contributed by atoms with E-state index in [0.29, 0.717) is 33.9 Å². The Balaban J connectivity index is 1.35. The second-order valence-electron chi connectivity index (χ2n) is 6.91. The van der Waals surface area contributed by atoms with Gasteiger partial charge in [-0.25, -0.2) is 0 Å². The number of aromatic nitrogens is 2. The first-order valence-corrected chi connectivity index (χ1v) is 10.3. The van der Waals surface area contributed by atoms with Gasteiger partial charge in [0, 0.05) is 22.3 Å². The lowest BCUT2D eigenvalue weighted by Gasteiger charge is -2.07. The molecule has 8 heteroatoms. The lowest BCUT2D eigenvalue weighted by atomic mass is 10.2. The maximum atomic E-state index is 12.5. The molecule has 0 atom stereocenters. The summed E-state index contributed by atoms with van der Waals surface area (Å²) in [6, 6.07) is 18.0. The van der Waals surface area contributed by atoms with Crippen LogP contribution in [0, 0.1) is 6.92 Å². The van der Waals surface area contributed by atoms with E-state index >= 15 is 0 Å². The van der Waals surface area contributed by atoms with Crippen LogP contribution in [-0.4, -0.2) is 15.7 Å². The van der Waals surface area contributed by atoms with Gasteiger partial charge in [-0.1, -0.05) is 41.4 Å². The molecule has 2 aromatic carbocycles. The summed E-state index contributed by atoms with van der Waals surface area (Å²) in [7, 11) is 0. The average Bonchev–Trinajstić information content (AvgIpc) is 3.39. The number of rotatable bonds is 7. The Morgan fingerprint density at radius 1 is 1.13 bits per heavy atom. The zero-order valence-electron chi connectivity index (χ0n) is 16.6. The summed E-state index contributed by atoms with van der Waals surface area (Å²) in [5.74, 6) is 1.44. The van der Waals surface area contributed by atoms with Gasteiger partial charge in [0.05, 0.1) is 6.54 Å². The summed E-state index contributed by atoms with van der Waals surface area (Å²) < 4.78 is 13.1. The fourth-order valence-electron chi connectivity index (χ4n) is 3.00. The second-order valence-corrected chi connectivity index (χ2v) is 7.75. The molecule has 2 aromatic heterocycles. The standard InChI is InChI=1S/C23H19Cl2N3O3/c1-15-12-17(24)6-8-20(15)30-14-18-7-9-21(31-18)23(29)26-22-10-11-28(27-22)13-16-4-2-3-5-19(16)25/h2-12H,13-14H2,1H3,(H,26,27,29). The first-order chi connectivity index (χ1) is 15.0. The molecule has 0 aliphatic rings. The van der Waals surface area contributed by atoms with Crippen molar-refractivity contribution in [2.24, 2.45) is 0 Å². The molecule has 0 fully saturated rings. The minimum atomic E-state index is -0.392. The van der Waals surface area contributed by atoms with Crippen LogP contribution in [-0.2, 0) is 13.2 Å². The molecule has 0 unspecified atom stereocenters. The largest absolute Gasteiger partial charge is 0.485 e. The number of hydrogen-bond acceptors (Lipinski definition) is 4. The molecule has 0 aliphatic heterocycles. The Hall–Kier alpha value is -3.22. The molecule has 4 rings (SSSR count). The highest BCUT2D eigenvalue weighted by Gasteiger charge is 2.14. The summed E-state index contributed by atoms with van der Waals surface area (Å²) in [5, 5.41) is 8.41. The summed E-state index contributed by atoms with van der Waals surface area (Å²) in [6.45, 7) is 2.61. The van der Waals surface area contributed by atoms with Crippen molar-refractivity contribution in [3.05, 3.63) is 99.6 Å². The van der Waals surface area contributed by atoms with Crippen molar-refractivity contribution >= 4 is 34.9 Å².